The molecular formula is C20H27N3O. The number of aromatic nitrogens is 1. The Labute approximate surface area is 144 Å². The summed E-state index contributed by atoms with van der Waals surface area (Å²) in [6.45, 7) is 6.61. The average Bonchev–Trinajstić information content (AvgIpc) is 2.57. The molecule has 0 radical (unpaired) electrons. The van der Waals surface area contributed by atoms with Gasteiger partial charge in [0.1, 0.15) is 17.7 Å². The molecule has 1 saturated heterocycles. The molecular weight excluding hydrogens is 298 g/mol. The number of nitrogen functional groups attached to an aromatic ring is 1. The molecule has 0 aliphatic carbocycles. The third-order valence-corrected chi connectivity index (χ3v) is 4.66. The monoisotopic (exact) mass is 325 g/mol. The highest BCUT2D eigenvalue weighted by Crippen LogP contribution is 2.32. The molecule has 0 unspecified atom stereocenters. The zero-order valence-corrected chi connectivity index (χ0v) is 14.8. The van der Waals surface area contributed by atoms with Gasteiger partial charge in [-0.1, -0.05) is 19.9 Å². The van der Waals surface area contributed by atoms with E-state index in [2.05, 4.69) is 49.0 Å². The van der Waals surface area contributed by atoms with Crippen LogP contribution in [-0.2, 0) is 0 Å². The van der Waals surface area contributed by atoms with Crippen LogP contribution in [0.25, 0.3) is 11.3 Å². The van der Waals surface area contributed by atoms with Crippen molar-refractivity contribution in [3.63, 3.8) is 0 Å². The summed E-state index contributed by atoms with van der Waals surface area (Å²) in [4.78, 5) is 6.83. The summed E-state index contributed by atoms with van der Waals surface area (Å²) >= 11 is 0. The average molecular weight is 325 g/mol. The van der Waals surface area contributed by atoms with Gasteiger partial charge in [-0.25, -0.2) is 4.98 Å². The molecule has 2 N–H and O–H groups in total. The second-order valence-corrected chi connectivity index (χ2v) is 6.97. The Bertz CT molecular complexity index is 691. The van der Waals surface area contributed by atoms with Crippen molar-refractivity contribution in [3.8, 4) is 17.0 Å². The smallest absolute Gasteiger partial charge is 0.124 e. The molecule has 0 spiro atoms. The highest BCUT2D eigenvalue weighted by atomic mass is 16.5. The van der Waals surface area contributed by atoms with Gasteiger partial charge in [-0.15, -0.1) is 0 Å². The van der Waals surface area contributed by atoms with E-state index in [1.807, 2.05) is 18.2 Å². The van der Waals surface area contributed by atoms with E-state index in [-0.39, 0.29) is 0 Å². The first kappa shape index (κ1) is 16.8. The topological polar surface area (TPSA) is 51.4 Å². The van der Waals surface area contributed by atoms with E-state index >= 15 is 0 Å². The maximum Gasteiger partial charge on any atom is 0.124 e. The van der Waals surface area contributed by atoms with Crippen LogP contribution >= 0.6 is 0 Å². The highest BCUT2D eigenvalue weighted by molar-refractivity contribution is 5.67. The second kappa shape index (κ2) is 7.22. The predicted octanol–water partition coefficient (Wildman–Crippen LogP) is 3.93. The number of hydrogen-bond acceptors (Lipinski definition) is 4. The number of nitrogens with two attached hydrogens (primary N) is 1. The minimum absolute atomic E-state index is 0.317. The zero-order chi connectivity index (χ0) is 17.1. The molecule has 1 aliphatic rings. The number of piperidine rings is 1. The van der Waals surface area contributed by atoms with E-state index in [0.717, 1.165) is 42.9 Å². The van der Waals surface area contributed by atoms with Crippen molar-refractivity contribution in [1.29, 1.82) is 0 Å². The molecule has 2 aromatic rings. The summed E-state index contributed by atoms with van der Waals surface area (Å²) in [5.74, 6) is 1.90. The van der Waals surface area contributed by atoms with Gasteiger partial charge in [-0.05, 0) is 61.7 Å². The largest absolute Gasteiger partial charge is 0.490 e. The highest BCUT2D eigenvalue weighted by Gasteiger charge is 2.19. The van der Waals surface area contributed by atoms with Crippen LogP contribution in [0.3, 0.4) is 0 Å². The van der Waals surface area contributed by atoms with Gasteiger partial charge in [-0.3, -0.25) is 0 Å². The standard InChI is InChI=1S/C20H27N3O/c1-14(2)18-13-16(24-15-9-11-23(3)12-10-15)7-8-17(18)19-5-4-6-20(21)22-19/h4-8,13-15H,9-12H2,1-3H3,(H2,21,22). The molecule has 0 saturated carbocycles. The first-order valence-electron chi connectivity index (χ1n) is 8.75. The van der Waals surface area contributed by atoms with E-state index in [1.54, 1.807) is 0 Å². The van der Waals surface area contributed by atoms with Gasteiger partial charge in [0.15, 0.2) is 0 Å². The molecule has 4 heteroatoms. The van der Waals surface area contributed by atoms with Crippen LogP contribution in [0.5, 0.6) is 5.75 Å². The molecule has 2 heterocycles. The Balaban J connectivity index is 1.85. The molecule has 0 amide bonds. The number of hydrogen-bond donors (Lipinski definition) is 1. The molecule has 4 nitrogen and oxygen atoms in total. The third kappa shape index (κ3) is 3.88. The number of anilines is 1. The van der Waals surface area contributed by atoms with Crippen LogP contribution in [-0.4, -0.2) is 36.1 Å². The van der Waals surface area contributed by atoms with Crippen LogP contribution in [0.1, 0.15) is 38.2 Å². The molecule has 1 fully saturated rings. The molecule has 3 rings (SSSR count). The number of nitrogens with zero attached hydrogens (tertiary/aromatic N) is 2. The normalized spacial score (nSPS) is 16.5. The van der Waals surface area contributed by atoms with E-state index < -0.39 is 0 Å². The van der Waals surface area contributed by atoms with Crippen molar-refractivity contribution >= 4 is 5.82 Å². The number of pyridine rings is 1. The van der Waals surface area contributed by atoms with E-state index in [4.69, 9.17) is 10.5 Å². The van der Waals surface area contributed by atoms with Gasteiger partial charge >= 0.3 is 0 Å². The maximum atomic E-state index is 6.24. The number of ether oxygens (including phenoxy) is 1. The third-order valence-electron chi connectivity index (χ3n) is 4.66. The van der Waals surface area contributed by atoms with Gasteiger partial charge in [0, 0.05) is 18.7 Å². The van der Waals surface area contributed by atoms with Crippen molar-refractivity contribution in [2.24, 2.45) is 0 Å². The quantitative estimate of drug-likeness (QED) is 0.925. The first-order valence-corrected chi connectivity index (χ1v) is 8.75. The Morgan fingerprint density at radius 3 is 2.58 bits per heavy atom. The molecule has 1 aromatic carbocycles. The summed E-state index contributed by atoms with van der Waals surface area (Å²) in [5, 5.41) is 0. The Morgan fingerprint density at radius 2 is 1.92 bits per heavy atom. The van der Waals surface area contributed by atoms with Gasteiger partial charge in [0.2, 0.25) is 0 Å². The Hall–Kier alpha value is -2.07. The van der Waals surface area contributed by atoms with Crippen molar-refractivity contribution in [3.05, 3.63) is 42.0 Å². The van der Waals surface area contributed by atoms with Crippen LogP contribution in [0.2, 0.25) is 0 Å². The van der Waals surface area contributed by atoms with Crippen molar-refractivity contribution in [2.45, 2.75) is 38.7 Å². The summed E-state index contributed by atoms with van der Waals surface area (Å²) in [7, 11) is 2.17. The lowest BCUT2D eigenvalue weighted by atomic mass is 9.94. The van der Waals surface area contributed by atoms with Crippen molar-refractivity contribution in [2.75, 3.05) is 25.9 Å². The fourth-order valence-electron chi connectivity index (χ4n) is 3.22. The maximum absolute atomic E-state index is 6.24. The fourth-order valence-corrected chi connectivity index (χ4v) is 3.22. The number of benzene rings is 1. The second-order valence-electron chi connectivity index (χ2n) is 6.97. The number of likely N-dealkylation sites (tertiary alicyclic amines) is 1. The molecule has 1 aromatic heterocycles. The number of rotatable bonds is 4. The minimum atomic E-state index is 0.317. The van der Waals surface area contributed by atoms with Gasteiger partial charge in [0.05, 0.1) is 5.69 Å². The summed E-state index contributed by atoms with van der Waals surface area (Å²) < 4.78 is 6.24. The van der Waals surface area contributed by atoms with E-state index in [1.165, 1.54) is 5.56 Å². The lowest BCUT2D eigenvalue weighted by Gasteiger charge is -2.29. The fraction of sp³-hybridized carbons (Fsp3) is 0.450. The Kier molecular flexibility index (Phi) is 5.05. The molecule has 0 bridgehead atoms. The molecule has 1 aliphatic heterocycles. The van der Waals surface area contributed by atoms with Crippen LogP contribution in [0, 0.1) is 0 Å². The summed E-state index contributed by atoms with van der Waals surface area (Å²) in [6.07, 6.45) is 2.50. The zero-order valence-electron chi connectivity index (χ0n) is 14.8. The summed E-state index contributed by atoms with van der Waals surface area (Å²) in [6, 6.07) is 12.1. The lowest BCUT2D eigenvalue weighted by molar-refractivity contribution is 0.114. The molecule has 128 valence electrons. The van der Waals surface area contributed by atoms with Crippen molar-refractivity contribution < 1.29 is 4.74 Å². The molecule has 0 atom stereocenters. The van der Waals surface area contributed by atoms with Crippen LogP contribution < -0.4 is 10.5 Å². The SMILES string of the molecule is CC(C)c1cc(OC2CCN(C)CC2)ccc1-c1cccc(N)n1. The molecule has 24 heavy (non-hydrogen) atoms. The Morgan fingerprint density at radius 1 is 1.17 bits per heavy atom. The van der Waals surface area contributed by atoms with E-state index in [0.29, 0.717) is 17.8 Å². The minimum Gasteiger partial charge on any atom is -0.490 e. The first-order chi connectivity index (χ1) is 11.5. The van der Waals surface area contributed by atoms with Crippen LogP contribution in [0.15, 0.2) is 36.4 Å². The van der Waals surface area contributed by atoms with Gasteiger partial charge in [-0.2, -0.15) is 0 Å². The lowest BCUT2D eigenvalue weighted by Crippen LogP contribution is -2.35. The van der Waals surface area contributed by atoms with Crippen molar-refractivity contribution in [1.82, 2.24) is 9.88 Å². The predicted molar refractivity (Wildman–Crippen MR) is 99.3 cm³/mol. The van der Waals surface area contributed by atoms with E-state index in [9.17, 15) is 0 Å². The van der Waals surface area contributed by atoms with Gasteiger partial charge < -0.3 is 15.4 Å². The van der Waals surface area contributed by atoms with Crippen LogP contribution in [0.4, 0.5) is 5.82 Å². The summed E-state index contributed by atoms with van der Waals surface area (Å²) in [5.41, 5.74) is 9.15. The van der Waals surface area contributed by atoms with Gasteiger partial charge in [0.25, 0.3) is 0 Å².